The fraction of sp³-hybridized carbons (Fsp3) is 0.286. The molecule has 1 aromatic heterocycles. The minimum atomic E-state index is 0.168. The molecule has 0 spiro atoms. The Balaban J connectivity index is 2.26. The second kappa shape index (κ2) is 5.97. The zero-order chi connectivity index (χ0) is 13.1. The standard InChI is InChI=1S/C14H17BrN2S/c1-9-4-3-5-10(2)12(9)7-13(17-16)14-6-11(15)8-18-14/h3-6,8,13,17H,7,16H2,1-2H3. The van der Waals surface area contributed by atoms with Crippen molar-refractivity contribution in [1.82, 2.24) is 5.43 Å². The molecule has 1 aromatic carbocycles. The van der Waals surface area contributed by atoms with Crippen LogP contribution in [0.3, 0.4) is 0 Å². The van der Waals surface area contributed by atoms with Gasteiger partial charge in [0.1, 0.15) is 0 Å². The Morgan fingerprint density at radius 2 is 2.00 bits per heavy atom. The van der Waals surface area contributed by atoms with Crippen molar-refractivity contribution in [3.05, 3.63) is 55.7 Å². The molecular formula is C14H17BrN2S. The van der Waals surface area contributed by atoms with E-state index in [1.54, 1.807) is 11.3 Å². The molecule has 0 amide bonds. The summed E-state index contributed by atoms with van der Waals surface area (Å²) in [5, 5.41) is 2.09. The quantitative estimate of drug-likeness (QED) is 0.661. The van der Waals surface area contributed by atoms with Crippen LogP contribution in [0.2, 0.25) is 0 Å². The molecule has 0 fully saturated rings. The normalized spacial score (nSPS) is 12.7. The van der Waals surface area contributed by atoms with Crippen LogP contribution in [0.15, 0.2) is 34.1 Å². The number of benzene rings is 1. The summed E-state index contributed by atoms with van der Waals surface area (Å²) in [6.45, 7) is 4.31. The summed E-state index contributed by atoms with van der Waals surface area (Å²) in [6.07, 6.45) is 0.919. The van der Waals surface area contributed by atoms with E-state index >= 15 is 0 Å². The lowest BCUT2D eigenvalue weighted by atomic mass is 9.96. The van der Waals surface area contributed by atoms with Gasteiger partial charge in [0.2, 0.25) is 0 Å². The van der Waals surface area contributed by atoms with E-state index in [4.69, 9.17) is 5.84 Å². The highest BCUT2D eigenvalue weighted by atomic mass is 79.9. The van der Waals surface area contributed by atoms with Gasteiger partial charge in [-0.1, -0.05) is 18.2 Å². The molecule has 2 nitrogen and oxygen atoms in total. The van der Waals surface area contributed by atoms with Gasteiger partial charge in [0, 0.05) is 14.7 Å². The van der Waals surface area contributed by atoms with Crippen LogP contribution in [0.1, 0.15) is 27.6 Å². The SMILES string of the molecule is Cc1cccc(C)c1CC(NN)c1cc(Br)cs1. The molecule has 1 unspecified atom stereocenters. The van der Waals surface area contributed by atoms with Crippen molar-refractivity contribution in [2.24, 2.45) is 5.84 Å². The summed E-state index contributed by atoms with van der Waals surface area (Å²) in [5.74, 6) is 5.70. The van der Waals surface area contributed by atoms with E-state index in [0.29, 0.717) is 0 Å². The van der Waals surface area contributed by atoms with Gasteiger partial charge in [-0.15, -0.1) is 11.3 Å². The molecule has 0 aliphatic rings. The van der Waals surface area contributed by atoms with Crippen LogP contribution in [0.25, 0.3) is 0 Å². The molecule has 0 bridgehead atoms. The summed E-state index contributed by atoms with van der Waals surface area (Å²) >= 11 is 5.21. The van der Waals surface area contributed by atoms with Gasteiger partial charge >= 0.3 is 0 Å². The van der Waals surface area contributed by atoms with E-state index in [2.05, 4.69) is 64.8 Å². The second-order valence-corrected chi connectivity index (χ2v) is 6.32. The minimum Gasteiger partial charge on any atom is -0.271 e. The van der Waals surface area contributed by atoms with E-state index in [1.165, 1.54) is 21.6 Å². The smallest absolute Gasteiger partial charge is 0.0594 e. The molecule has 1 atom stereocenters. The summed E-state index contributed by atoms with van der Waals surface area (Å²) in [7, 11) is 0. The summed E-state index contributed by atoms with van der Waals surface area (Å²) in [4.78, 5) is 1.26. The van der Waals surface area contributed by atoms with Crippen molar-refractivity contribution in [1.29, 1.82) is 0 Å². The third-order valence-corrected chi connectivity index (χ3v) is 4.99. The van der Waals surface area contributed by atoms with Crippen molar-refractivity contribution in [2.75, 3.05) is 0 Å². The maximum atomic E-state index is 5.70. The van der Waals surface area contributed by atoms with Gasteiger partial charge in [-0.3, -0.25) is 11.3 Å². The van der Waals surface area contributed by atoms with Gasteiger partial charge in [-0.05, 0) is 59.0 Å². The molecule has 0 radical (unpaired) electrons. The molecule has 18 heavy (non-hydrogen) atoms. The van der Waals surface area contributed by atoms with Crippen LogP contribution in [0.4, 0.5) is 0 Å². The highest BCUT2D eigenvalue weighted by molar-refractivity contribution is 9.10. The first-order chi connectivity index (χ1) is 8.61. The van der Waals surface area contributed by atoms with Crippen molar-refractivity contribution in [3.63, 3.8) is 0 Å². The molecule has 1 heterocycles. The predicted molar refractivity (Wildman–Crippen MR) is 81.7 cm³/mol. The average Bonchev–Trinajstić information content (AvgIpc) is 2.76. The largest absolute Gasteiger partial charge is 0.271 e. The van der Waals surface area contributed by atoms with E-state index in [1.807, 2.05) is 0 Å². The third kappa shape index (κ3) is 3.01. The molecule has 0 saturated carbocycles. The van der Waals surface area contributed by atoms with Crippen molar-refractivity contribution in [2.45, 2.75) is 26.3 Å². The van der Waals surface area contributed by atoms with Crippen LogP contribution in [-0.2, 0) is 6.42 Å². The van der Waals surface area contributed by atoms with E-state index in [9.17, 15) is 0 Å². The Labute approximate surface area is 120 Å². The fourth-order valence-corrected chi connectivity index (χ4v) is 3.63. The van der Waals surface area contributed by atoms with Crippen LogP contribution in [-0.4, -0.2) is 0 Å². The fourth-order valence-electron chi connectivity index (χ4n) is 2.13. The summed E-state index contributed by atoms with van der Waals surface area (Å²) in [6, 6.07) is 8.70. The number of rotatable bonds is 4. The van der Waals surface area contributed by atoms with Crippen molar-refractivity contribution in [3.8, 4) is 0 Å². The molecule has 4 heteroatoms. The van der Waals surface area contributed by atoms with Gasteiger partial charge in [-0.2, -0.15) is 0 Å². The molecule has 0 aliphatic carbocycles. The topological polar surface area (TPSA) is 38.0 Å². The number of nitrogens with two attached hydrogens (primary N) is 1. The number of hydrogen-bond donors (Lipinski definition) is 2. The van der Waals surface area contributed by atoms with E-state index < -0.39 is 0 Å². The van der Waals surface area contributed by atoms with E-state index in [-0.39, 0.29) is 6.04 Å². The molecule has 2 rings (SSSR count). The van der Waals surface area contributed by atoms with Gasteiger partial charge in [0.15, 0.2) is 0 Å². The van der Waals surface area contributed by atoms with Crippen molar-refractivity contribution < 1.29 is 0 Å². The van der Waals surface area contributed by atoms with E-state index in [0.717, 1.165) is 10.9 Å². The lowest BCUT2D eigenvalue weighted by Gasteiger charge is -2.17. The Morgan fingerprint density at radius 1 is 1.33 bits per heavy atom. The van der Waals surface area contributed by atoms with Crippen LogP contribution in [0, 0.1) is 13.8 Å². The summed E-state index contributed by atoms with van der Waals surface area (Å²) in [5.41, 5.74) is 6.95. The Bertz CT molecular complexity index is 516. The number of hydrazine groups is 1. The first-order valence-electron chi connectivity index (χ1n) is 5.87. The Kier molecular flexibility index (Phi) is 4.56. The minimum absolute atomic E-state index is 0.168. The zero-order valence-electron chi connectivity index (χ0n) is 10.5. The zero-order valence-corrected chi connectivity index (χ0v) is 12.9. The molecule has 0 saturated heterocycles. The average molecular weight is 325 g/mol. The first-order valence-corrected chi connectivity index (χ1v) is 7.54. The molecule has 2 aromatic rings. The second-order valence-electron chi connectivity index (χ2n) is 4.46. The lowest BCUT2D eigenvalue weighted by molar-refractivity contribution is 0.558. The predicted octanol–water partition coefficient (Wildman–Crippen LogP) is 3.87. The monoisotopic (exact) mass is 324 g/mol. The number of nitrogens with one attached hydrogen (secondary N) is 1. The Morgan fingerprint density at radius 3 is 2.50 bits per heavy atom. The highest BCUT2D eigenvalue weighted by Crippen LogP contribution is 2.29. The van der Waals surface area contributed by atoms with Crippen LogP contribution < -0.4 is 11.3 Å². The molecule has 96 valence electrons. The van der Waals surface area contributed by atoms with Gasteiger partial charge in [-0.25, -0.2) is 0 Å². The highest BCUT2D eigenvalue weighted by Gasteiger charge is 2.15. The van der Waals surface area contributed by atoms with Crippen molar-refractivity contribution >= 4 is 27.3 Å². The maximum Gasteiger partial charge on any atom is 0.0594 e. The maximum absolute atomic E-state index is 5.70. The number of halogens is 1. The van der Waals surface area contributed by atoms with Crippen LogP contribution >= 0.6 is 27.3 Å². The van der Waals surface area contributed by atoms with Gasteiger partial charge in [0.25, 0.3) is 0 Å². The summed E-state index contributed by atoms with van der Waals surface area (Å²) < 4.78 is 1.12. The van der Waals surface area contributed by atoms with Crippen LogP contribution in [0.5, 0.6) is 0 Å². The number of hydrogen-bond acceptors (Lipinski definition) is 3. The molecule has 0 aliphatic heterocycles. The lowest BCUT2D eigenvalue weighted by Crippen LogP contribution is -2.29. The number of aryl methyl sites for hydroxylation is 2. The molecular weight excluding hydrogens is 308 g/mol. The first kappa shape index (κ1) is 13.7. The third-order valence-electron chi connectivity index (χ3n) is 3.19. The van der Waals surface area contributed by atoms with Gasteiger partial charge < -0.3 is 0 Å². The Hall–Kier alpha value is -0.680. The number of thiophene rings is 1. The molecule has 3 N–H and O–H groups in total. The van der Waals surface area contributed by atoms with Gasteiger partial charge in [0.05, 0.1) is 6.04 Å².